The van der Waals surface area contributed by atoms with Crippen LogP contribution in [0.5, 0.6) is 0 Å². The molecule has 2 N–H and O–H groups in total. The molecule has 1 atom stereocenters. The number of fused-ring (bicyclic) bond motifs is 1. The molecule has 1 unspecified atom stereocenters. The molecular weight excluding hydrogens is 452 g/mol. The third kappa shape index (κ3) is 5.46. The molecule has 1 saturated heterocycles. The first-order chi connectivity index (χ1) is 15.8. The van der Waals surface area contributed by atoms with E-state index in [2.05, 4.69) is 0 Å². The van der Waals surface area contributed by atoms with Gasteiger partial charge in [0.2, 0.25) is 0 Å². The van der Waals surface area contributed by atoms with Gasteiger partial charge in [-0.3, -0.25) is 13.9 Å². The molecule has 12 heteroatoms. The quantitative estimate of drug-likeness (QED) is 0.469. The number of urea groups is 1. The lowest BCUT2D eigenvalue weighted by molar-refractivity contribution is -0.111. The van der Waals surface area contributed by atoms with Gasteiger partial charge in [0.1, 0.15) is 4.83 Å². The highest BCUT2D eigenvalue weighted by atomic mass is 32.1. The Hall–Kier alpha value is -2.25. The van der Waals surface area contributed by atoms with E-state index in [0.29, 0.717) is 28.9 Å². The van der Waals surface area contributed by atoms with Gasteiger partial charge in [-0.15, -0.1) is 11.3 Å². The largest absolute Gasteiger partial charge is 0.383 e. The van der Waals surface area contributed by atoms with Crippen molar-refractivity contribution in [3.05, 3.63) is 31.3 Å². The number of methoxy groups -OCH3 is 3. The molecule has 0 saturated carbocycles. The summed E-state index contributed by atoms with van der Waals surface area (Å²) >= 11 is 1.31. The smallest absolute Gasteiger partial charge is 0.332 e. The summed E-state index contributed by atoms with van der Waals surface area (Å²) in [5.74, 6) is 0. The molecular formula is C21H32N4O7S. The third-order valence-corrected chi connectivity index (χ3v) is 7.16. The molecule has 33 heavy (non-hydrogen) atoms. The molecule has 0 radical (unpaired) electrons. The summed E-state index contributed by atoms with van der Waals surface area (Å²) in [4.78, 5) is 41.4. The van der Waals surface area contributed by atoms with Crippen molar-refractivity contribution in [3.8, 4) is 0 Å². The summed E-state index contributed by atoms with van der Waals surface area (Å²) in [6.45, 7) is 3.51. The molecule has 1 aliphatic heterocycles. The zero-order valence-corrected chi connectivity index (χ0v) is 20.3. The van der Waals surface area contributed by atoms with Crippen molar-refractivity contribution in [1.82, 2.24) is 14.0 Å². The second kappa shape index (κ2) is 11.3. The summed E-state index contributed by atoms with van der Waals surface area (Å²) in [5, 5.41) is 0.461. The van der Waals surface area contributed by atoms with Crippen LogP contribution in [0.4, 0.5) is 4.79 Å². The average molecular weight is 485 g/mol. The Bertz CT molecular complexity index is 1080. The molecule has 0 spiro atoms. The maximum Gasteiger partial charge on any atom is 0.332 e. The zero-order valence-electron chi connectivity index (χ0n) is 19.5. The fraction of sp³-hybridized carbons (Fsp3) is 0.667. The van der Waals surface area contributed by atoms with Crippen molar-refractivity contribution < 1.29 is 23.7 Å². The van der Waals surface area contributed by atoms with Crippen LogP contribution in [-0.4, -0.2) is 73.5 Å². The average Bonchev–Trinajstić information content (AvgIpc) is 3.42. The van der Waals surface area contributed by atoms with Crippen molar-refractivity contribution in [3.63, 3.8) is 0 Å². The van der Waals surface area contributed by atoms with Crippen LogP contribution < -0.4 is 17.0 Å². The van der Waals surface area contributed by atoms with Crippen LogP contribution in [0.1, 0.15) is 23.3 Å². The van der Waals surface area contributed by atoms with Crippen LogP contribution in [0.2, 0.25) is 0 Å². The molecule has 0 bridgehead atoms. The highest BCUT2D eigenvalue weighted by Gasteiger charge is 2.25. The van der Waals surface area contributed by atoms with E-state index in [0.717, 1.165) is 17.7 Å². The van der Waals surface area contributed by atoms with E-state index in [-0.39, 0.29) is 37.9 Å². The molecule has 0 aliphatic carbocycles. The lowest BCUT2D eigenvalue weighted by atomic mass is 10.2. The van der Waals surface area contributed by atoms with Gasteiger partial charge in [0.15, 0.2) is 6.29 Å². The fourth-order valence-electron chi connectivity index (χ4n) is 3.96. The Kier molecular flexibility index (Phi) is 8.65. The van der Waals surface area contributed by atoms with Gasteiger partial charge in [-0.05, 0) is 25.3 Å². The molecule has 0 aromatic carbocycles. The minimum atomic E-state index is -0.642. The number of ether oxygens (including phenoxy) is 4. The van der Waals surface area contributed by atoms with E-state index in [9.17, 15) is 14.4 Å². The van der Waals surface area contributed by atoms with Crippen molar-refractivity contribution in [2.45, 2.75) is 51.8 Å². The fourth-order valence-corrected chi connectivity index (χ4v) is 5.27. The first kappa shape index (κ1) is 25.4. The Morgan fingerprint density at radius 2 is 2.00 bits per heavy atom. The Morgan fingerprint density at radius 1 is 1.27 bits per heavy atom. The first-order valence-corrected chi connectivity index (χ1v) is 11.6. The van der Waals surface area contributed by atoms with Gasteiger partial charge < -0.3 is 29.6 Å². The lowest BCUT2D eigenvalue weighted by Crippen LogP contribution is -2.42. The van der Waals surface area contributed by atoms with Gasteiger partial charge in [-0.2, -0.15) is 0 Å². The number of rotatable bonds is 11. The number of primary amides is 1. The maximum absolute atomic E-state index is 13.3. The minimum absolute atomic E-state index is 0.0867. The van der Waals surface area contributed by atoms with Crippen molar-refractivity contribution >= 4 is 27.6 Å². The second-order valence-electron chi connectivity index (χ2n) is 7.93. The number of carbonyl (C=O) groups is 1. The van der Waals surface area contributed by atoms with E-state index < -0.39 is 18.0 Å². The Morgan fingerprint density at radius 3 is 2.58 bits per heavy atom. The van der Waals surface area contributed by atoms with Crippen molar-refractivity contribution in [2.24, 2.45) is 5.73 Å². The number of aryl methyl sites for hydroxylation is 1. The van der Waals surface area contributed by atoms with Crippen LogP contribution in [0.15, 0.2) is 9.59 Å². The molecule has 3 heterocycles. The molecule has 1 fully saturated rings. The number of nitrogens with zero attached hydrogens (tertiary/aromatic N) is 3. The predicted molar refractivity (Wildman–Crippen MR) is 124 cm³/mol. The summed E-state index contributed by atoms with van der Waals surface area (Å²) in [6.07, 6.45) is 1.06. The van der Waals surface area contributed by atoms with Crippen LogP contribution >= 0.6 is 11.3 Å². The SMILES string of the molecule is COCCn1c(=O)c2c(C)c(CN(CC(OC)OC)C(N)=O)sc2n(CC2CCCO2)c1=O. The van der Waals surface area contributed by atoms with Crippen molar-refractivity contribution in [1.29, 1.82) is 0 Å². The van der Waals surface area contributed by atoms with E-state index >= 15 is 0 Å². The van der Waals surface area contributed by atoms with Gasteiger partial charge in [0, 0.05) is 32.8 Å². The highest BCUT2D eigenvalue weighted by Crippen LogP contribution is 2.30. The second-order valence-corrected chi connectivity index (χ2v) is 9.01. The zero-order chi connectivity index (χ0) is 24.1. The standard InChI is InChI=1S/C21H32N4O7S/c1-13-15(11-23(20(22)27)12-16(30-3)31-4)33-19-17(13)18(26)24(7-9-29-2)21(28)25(19)10-14-6-5-8-32-14/h14,16H,5-12H2,1-4H3,(H2,22,27). The molecule has 3 rings (SSSR count). The molecule has 2 amide bonds. The molecule has 1 aliphatic rings. The molecule has 2 aromatic heterocycles. The van der Waals surface area contributed by atoms with Gasteiger partial charge in [0.05, 0.1) is 44.3 Å². The number of nitrogens with two attached hydrogens (primary N) is 1. The van der Waals surface area contributed by atoms with Crippen LogP contribution in [0, 0.1) is 6.92 Å². The Labute approximate surface area is 195 Å². The van der Waals surface area contributed by atoms with Gasteiger partial charge >= 0.3 is 11.7 Å². The third-order valence-electron chi connectivity index (χ3n) is 5.86. The highest BCUT2D eigenvalue weighted by molar-refractivity contribution is 7.18. The van der Waals surface area contributed by atoms with Crippen LogP contribution in [0.25, 0.3) is 10.2 Å². The molecule has 11 nitrogen and oxygen atoms in total. The minimum Gasteiger partial charge on any atom is -0.383 e. The van der Waals surface area contributed by atoms with E-state index in [1.165, 1.54) is 42.1 Å². The summed E-state index contributed by atoms with van der Waals surface area (Å²) in [6, 6.07) is -0.639. The maximum atomic E-state index is 13.3. The summed E-state index contributed by atoms with van der Waals surface area (Å²) in [7, 11) is 4.47. The first-order valence-electron chi connectivity index (χ1n) is 10.8. The van der Waals surface area contributed by atoms with Gasteiger partial charge in [0.25, 0.3) is 5.56 Å². The van der Waals surface area contributed by atoms with Gasteiger partial charge in [-0.25, -0.2) is 9.59 Å². The van der Waals surface area contributed by atoms with E-state index in [4.69, 9.17) is 24.7 Å². The van der Waals surface area contributed by atoms with E-state index in [1.54, 1.807) is 4.57 Å². The number of hydrogen-bond donors (Lipinski definition) is 1. The van der Waals surface area contributed by atoms with Crippen LogP contribution in [-0.2, 0) is 38.6 Å². The lowest BCUT2D eigenvalue weighted by Gasteiger charge is -2.24. The predicted octanol–water partition coefficient (Wildman–Crippen LogP) is 0.858. The van der Waals surface area contributed by atoms with E-state index in [1.807, 2.05) is 6.92 Å². The van der Waals surface area contributed by atoms with Gasteiger partial charge in [-0.1, -0.05) is 0 Å². The molecule has 184 valence electrons. The number of aromatic nitrogens is 2. The normalized spacial score (nSPS) is 16.2. The summed E-state index contributed by atoms with van der Waals surface area (Å²) < 4.78 is 24.1. The monoisotopic (exact) mass is 484 g/mol. The topological polar surface area (TPSA) is 127 Å². The number of thiophene rings is 1. The van der Waals surface area contributed by atoms with Crippen LogP contribution in [0.3, 0.4) is 0 Å². The number of amides is 2. The Balaban J connectivity index is 2.09. The molecule has 2 aromatic rings. The number of carbonyl (C=O) groups excluding carboxylic acids is 1. The van der Waals surface area contributed by atoms with Crippen molar-refractivity contribution in [2.75, 3.05) is 41.1 Å². The summed E-state index contributed by atoms with van der Waals surface area (Å²) in [5.41, 5.74) is 5.54. The number of hydrogen-bond acceptors (Lipinski definition) is 8.